The Morgan fingerprint density at radius 1 is 1.26 bits per heavy atom. The van der Waals surface area contributed by atoms with Crippen LogP contribution in [-0.2, 0) is 22.9 Å². The van der Waals surface area contributed by atoms with Gasteiger partial charge in [-0.25, -0.2) is 8.42 Å². The molecule has 2 aliphatic rings. The predicted molar refractivity (Wildman–Crippen MR) is 90.8 cm³/mol. The molecule has 3 rings (SSSR count). The van der Waals surface area contributed by atoms with Crippen LogP contribution in [0.2, 0.25) is 0 Å². The number of aryl methyl sites for hydroxylation is 1. The zero-order valence-corrected chi connectivity index (χ0v) is 14.6. The molecule has 1 aromatic rings. The summed E-state index contributed by atoms with van der Waals surface area (Å²) >= 11 is 0. The number of hydrogen-bond acceptors (Lipinski definition) is 5. The van der Waals surface area contributed by atoms with E-state index in [1.165, 1.54) is 37.8 Å². The molecule has 0 aliphatic carbocycles. The smallest absolute Gasteiger partial charge is 0.173 e. The predicted octanol–water partition coefficient (Wildman–Crippen LogP) is 1.08. The van der Waals surface area contributed by atoms with Crippen LogP contribution in [0.15, 0.2) is 17.7 Å². The number of rotatable bonds is 6. The van der Waals surface area contributed by atoms with Gasteiger partial charge < -0.3 is 10.2 Å². The van der Waals surface area contributed by atoms with E-state index in [0.717, 1.165) is 24.3 Å². The summed E-state index contributed by atoms with van der Waals surface area (Å²) in [5.74, 6) is 0.162. The quantitative estimate of drug-likeness (QED) is 0.841. The SMILES string of the molecule is Cc1nn(CCN2CCCCC2)cc1CNC1C=CS(=O)(=O)C1. The highest BCUT2D eigenvalue weighted by Gasteiger charge is 2.21. The fourth-order valence-electron chi connectivity index (χ4n) is 3.22. The Morgan fingerprint density at radius 2 is 2.04 bits per heavy atom. The summed E-state index contributed by atoms with van der Waals surface area (Å²) in [5, 5.41) is 9.17. The Labute approximate surface area is 138 Å². The summed E-state index contributed by atoms with van der Waals surface area (Å²) in [6, 6.07) is -0.0869. The first-order valence-electron chi connectivity index (χ1n) is 8.41. The van der Waals surface area contributed by atoms with Crippen LogP contribution in [0.5, 0.6) is 0 Å². The lowest BCUT2D eigenvalue weighted by atomic mass is 10.1. The van der Waals surface area contributed by atoms with Crippen LogP contribution in [0.25, 0.3) is 0 Å². The molecular weight excluding hydrogens is 312 g/mol. The van der Waals surface area contributed by atoms with Gasteiger partial charge >= 0.3 is 0 Å². The van der Waals surface area contributed by atoms with E-state index in [-0.39, 0.29) is 11.8 Å². The zero-order chi connectivity index (χ0) is 16.3. The van der Waals surface area contributed by atoms with Gasteiger partial charge in [0.15, 0.2) is 9.84 Å². The lowest BCUT2D eigenvalue weighted by Crippen LogP contribution is -2.32. The van der Waals surface area contributed by atoms with Gasteiger partial charge in [-0.3, -0.25) is 4.68 Å². The molecule has 23 heavy (non-hydrogen) atoms. The lowest BCUT2D eigenvalue weighted by Gasteiger charge is -2.26. The molecule has 1 unspecified atom stereocenters. The van der Waals surface area contributed by atoms with Gasteiger partial charge in [0.05, 0.1) is 18.0 Å². The molecule has 0 radical (unpaired) electrons. The van der Waals surface area contributed by atoms with Gasteiger partial charge in [0.2, 0.25) is 0 Å². The fraction of sp³-hybridized carbons (Fsp3) is 0.688. The van der Waals surface area contributed by atoms with E-state index in [1.54, 1.807) is 6.08 Å². The molecule has 1 aromatic heterocycles. The molecule has 6 nitrogen and oxygen atoms in total. The van der Waals surface area contributed by atoms with E-state index in [1.807, 2.05) is 11.6 Å². The first kappa shape index (κ1) is 16.7. The summed E-state index contributed by atoms with van der Waals surface area (Å²) in [5.41, 5.74) is 2.15. The van der Waals surface area contributed by atoms with Gasteiger partial charge in [-0.1, -0.05) is 12.5 Å². The van der Waals surface area contributed by atoms with Crippen LogP contribution in [0, 0.1) is 6.92 Å². The molecule has 0 spiro atoms. The second-order valence-electron chi connectivity index (χ2n) is 6.55. The molecule has 1 saturated heterocycles. The van der Waals surface area contributed by atoms with Crippen LogP contribution < -0.4 is 5.32 Å². The largest absolute Gasteiger partial charge is 0.305 e. The normalized spacial score (nSPS) is 24.3. The number of sulfone groups is 1. The highest BCUT2D eigenvalue weighted by atomic mass is 32.2. The number of likely N-dealkylation sites (tertiary alicyclic amines) is 1. The molecule has 1 N–H and O–H groups in total. The molecule has 1 atom stereocenters. The van der Waals surface area contributed by atoms with E-state index in [9.17, 15) is 8.42 Å². The maximum atomic E-state index is 11.4. The lowest BCUT2D eigenvalue weighted by molar-refractivity contribution is 0.218. The Morgan fingerprint density at radius 3 is 2.74 bits per heavy atom. The maximum Gasteiger partial charge on any atom is 0.173 e. The summed E-state index contributed by atoms with van der Waals surface area (Å²) in [6.45, 7) is 7.04. The number of nitrogens with one attached hydrogen (secondary N) is 1. The van der Waals surface area contributed by atoms with Gasteiger partial charge in [-0.05, 0) is 32.9 Å². The van der Waals surface area contributed by atoms with E-state index in [0.29, 0.717) is 6.54 Å². The molecule has 0 bridgehead atoms. The van der Waals surface area contributed by atoms with Crippen molar-refractivity contribution >= 4 is 9.84 Å². The van der Waals surface area contributed by atoms with E-state index < -0.39 is 9.84 Å². The molecule has 7 heteroatoms. The van der Waals surface area contributed by atoms with Crippen LogP contribution in [0.4, 0.5) is 0 Å². The van der Waals surface area contributed by atoms with Gasteiger partial charge in [0.1, 0.15) is 0 Å². The minimum absolute atomic E-state index is 0.0869. The van der Waals surface area contributed by atoms with E-state index in [2.05, 4.69) is 21.5 Å². The van der Waals surface area contributed by atoms with Crippen LogP contribution in [-0.4, -0.2) is 54.5 Å². The van der Waals surface area contributed by atoms with Crippen molar-refractivity contribution in [3.63, 3.8) is 0 Å². The molecule has 2 aliphatic heterocycles. The Bertz CT molecular complexity index is 660. The Hall–Kier alpha value is -1.18. The molecule has 3 heterocycles. The molecule has 0 aromatic carbocycles. The molecule has 0 amide bonds. The maximum absolute atomic E-state index is 11.4. The van der Waals surface area contributed by atoms with Crippen LogP contribution >= 0.6 is 0 Å². The summed E-state index contributed by atoms with van der Waals surface area (Å²) < 4.78 is 24.8. The van der Waals surface area contributed by atoms with Crippen molar-refractivity contribution in [2.24, 2.45) is 0 Å². The zero-order valence-electron chi connectivity index (χ0n) is 13.7. The van der Waals surface area contributed by atoms with Crippen LogP contribution in [0.1, 0.15) is 30.5 Å². The molecule has 0 saturated carbocycles. The van der Waals surface area contributed by atoms with Gasteiger partial charge in [0.25, 0.3) is 0 Å². The van der Waals surface area contributed by atoms with Crippen molar-refractivity contribution < 1.29 is 8.42 Å². The van der Waals surface area contributed by atoms with Crippen molar-refractivity contribution in [3.8, 4) is 0 Å². The standard InChI is InChI=1S/C16H26N4O2S/c1-14-15(11-17-16-5-10-23(21,22)13-16)12-20(18-14)9-8-19-6-3-2-4-7-19/h5,10,12,16-17H,2-4,6-9,11,13H2,1H3. The summed E-state index contributed by atoms with van der Waals surface area (Å²) in [7, 11) is -3.00. The number of piperidine rings is 1. The summed E-state index contributed by atoms with van der Waals surface area (Å²) in [4.78, 5) is 2.51. The minimum atomic E-state index is -3.00. The monoisotopic (exact) mass is 338 g/mol. The van der Waals surface area contributed by atoms with Crippen molar-refractivity contribution in [2.75, 3.05) is 25.4 Å². The van der Waals surface area contributed by atoms with Gasteiger partial charge in [-0.2, -0.15) is 5.10 Å². The third kappa shape index (κ3) is 4.65. The molecule has 1 fully saturated rings. The highest BCUT2D eigenvalue weighted by molar-refractivity contribution is 7.94. The van der Waals surface area contributed by atoms with E-state index in [4.69, 9.17) is 0 Å². The van der Waals surface area contributed by atoms with Crippen molar-refractivity contribution in [2.45, 2.75) is 45.3 Å². The fourth-order valence-corrected chi connectivity index (χ4v) is 4.49. The minimum Gasteiger partial charge on any atom is -0.305 e. The second-order valence-corrected chi connectivity index (χ2v) is 8.48. The van der Waals surface area contributed by atoms with Crippen molar-refractivity contribution in [1.29, 1.82) is 0 Å². The first-order valence-corrected chi connectivity index (χ1v) is 10.1. The van der Waals surface area contributed by atoms with Crippen molar-refractivity contribution in [3.05, 3.63) is 28.9 Å². The third-order valence-electron chi connectivity index (χ3n) is 4.63. The highest BCUT2D eigenvalue weighted by Crippen LogP contribution is 2.12. The average Bonchev–Trinajstić information content (AvgIpc) is 3.06. The average molecular weight is 338 g/mol. The topological polar surface area (TPSA) is 67.2 Å². The van der Waals surface area contributed by atoms with Crippen LogP contribution in [0.3, 0.4) is 0 Å². The van der Waals surface area contributed by atoms with Gasteiger partial charge in [-0.15, -0.1) is 0 Å². The number of nitrogens with zero attached hydrogens (tertiary/aromatic N) is 3. The third-order valence-corrected chi connectivity index (χ3v) is 6.02. The summed E-state index contributed by atoms with van der Waals surface area (Å²) in [6.07, 6.45) is 7.79. The molecular formula is C16H26N4O2S. The Kier molecular flexibility index (Phi) is 5.18. The Balaban J connectivity index is 1.49. The van der Waals surface area contributed by atoms with Gasteiger partial charge in [0, 0.05) is 36.3 Å². The van der Waals surface area contributed by atoms with E-state index >= 15 is 0 Å². The first-order chi connectivity index (χ1) is 11.0. The number of hydrogen-bond donors (Lipinski definition) is 1. The number of aromatic nitrogens is 2. The van der Waals surface area contributed by atoms with Crippen molar-refractivity contribution in [1.82, 2.24) is 20.0 Å². The second kappa shape index (κ2) is 7.15. The molecule has 128 valence electrons.